The molecule has 0 aliphatic rings. The van der Waals surface area contributed by atoms with E-state index in [0.717, 1.165) is 0 Å². The van der Waals surface area contributed by atoms with Gasteiger partial charge in [-0.3, -0.25) is 9.78 Å². The molecule has 0 amide bonds. The standard InChI is InChI=1S/C9H13N3O3/c1-6(9(13)14)3-11-7-4-10-5-8(12-7)15-2/h4-6H,3H2,1-2H3,(H,11,12)(H,13,14). The summed E-state index contributed by atoms with van der Waals surface area (Å²) in [4.78, 5) is 18.5. The summed E-state index contributed by atoms with van der Waals surface area (Å²) in [5, 5.41) is 11.5. The molecule has 0 saturated heterocycles. The van der Waals surface area contributed by atoms with E-state index in [1.165, 1.54) is 19.5 Å². The molecule has 0 aliphatic carbocycles. The minimum atomic E-state index is -0.849. The van der Waals surface area contributed by atoms with Gasteiger partial charge in [0.25, 0.3) is 0 Å². The Kier molecular flexibility index (Phi) is 3.84. The SMILES string of the molecule is COc1cncc(NCC(C)C(=O)O)n1. The van der Waals surface area contributed by atoms with Crippen LogP contribution in [0.2, 0.25) is 0 Å². The first-order valence-electron chi connectivity index (χ1n) is 4.46. The molecule has 0 bridgehead atoms. The molecule has 1 aromatic heterocycles. The third-order valence-electron chi connectivity index (χ3n) is 1.83. The maximum atomic E-state index is 10.5. The Bertz CT molecular complexity index is 343. The quantitative estimate of drug-likeness (QED) is 0.742. The number of nitrogens with one attached hydrogen (secondary N) is 1. The molecule has 0 radical (unpaired) electrons. The zero-order chi connectivity index (χ0) is 11.3. The van der Waals surface area contributed by atoms with Gasteiger partial charge in [0.05, 0.1) is 25.4 Å². The molecule has 1 unspecified atom stereocenters. The third kappa shape index (κ3) is 3.41. The number of hydrogen-bond acceptors (Lipinski definition) is 5. The highest BCUT2D eigenvalue weighted by Gasteiger charge is 2.10. The van der Waals surface area contributed by atoms with Crippen LogP contribution in [0.25, 0.3) is 0 Å². The Balaban J connectivity index is 2.53. The van der Waals surface area contributed by atoms with E-state index in [1.807, 2.05) is 0 Å². The fraction of sp³-hybridized carbons (Fsp3) is 0.444. The van der Waals surface area contributed by atoms with Crippen LogP contribution in [0.15, 0.2) is 12.4 Å². The molecule has 1 heterocycles. The molecule has 1 atom stereocenters. The minimum Gasteiger partial charge on any atom is -0.481 e. The molecular formula is C9H13N3O3. The topological polar surface area (TPSA) is 84.3 Å². The van der Waals surface area contributed by atoms with Crippen molar-refractivity contribution in [2.75, 3.05) is 19.0 Å². The van der Waals surface area contributed by atoms with Gasteiger partial charge in [-0.1, -0.05) is 6.92 Å². The lowest BCUT2D eigenvalue weighted by Crippen LogP contribution is -2.20. The molecule has 1 rings (SSSR count). The van der Waals surface area contributed by atoms with E-state index < -0.39 is 11.9 Å². The van der Waals surface area contributed by atoms with E-state index in [-0.39, 0.29) is 0 Å². The summed E-state index contributed by atoms with van der Waals surface area (Å²) in [6.45, 7) is 1.92. The van der Waals surface area contributed by atoms with Crippen LogP contribution in [0, 0.1) is 5.92 Å². The van der Waals surface area contributed by atoms with Gasteiger partial charge in [-0.15, -0.1) is 0 Å². The Morgan fingerprint density at radius 2 is 2.40 bits per heavy atom. The van der Waals surface area contributed by atoms with Crippen molar-refractivity contribution in [3.63, 3.8) is 0 Å². The van der Waals surface area contributed by atoms with Gasteiger partial charge in [0.2, 0.25) is 5.88 Å². The molecule has 6 heteroatoms. The number of rotatable bonds is 5. The number of carboxylic acid groups (broad SMARTS) is 1. The number of carboxylic acids is 1. The number of aliphatic carboxylic acids is 1. The van der Waals surface area contributed by atoms with Crippen LogP contribution >= 0.6 is 0 Å². The second-order valence-corrected chi connectivity index (χ2v) is 3.07. The van der Waals surface area contributed by atoms with Crippen LogP contribution in [0.4, 0.5) is 5.82 Å². The van der Waals surface area contributed by atoms with Crippen LogP contribution in [0.3, 0.4) is 0 Å². The second kappa shape index (κ2) is 5.14. The monoisotopic (exact) mass is 211 g/mol. The van der Waals surface area contributed by atoms with Crippen molar-refractivity contribution in [2.45, 2.75) is 6.92 Å². The lowest BCUT2D eigenvalue weighted by Gasteiger charge is -2.08. The summed E-state index contributed by atoms with van der Waals surface area (Å²) in [7, 11) is 1.49. The first-order valence-corrected chi connectivity index (χ1v) is 4.46. The molecule has 82 valence electrons. The summed E-state index contributed by atoms with van der Waals surface area (Å²) < 4.78 is 4.88. The van der Waals surface area contributed by atoms with Gasteiger partial charge < -0.3 is 15.2 Å². The van der Waals surface area contributed by atoms with E-state index >= 15 is 0 Å². The number of hydrogen-bond donors (Lipinski definition) is 2. The zero-order valence-electron chi connectivity index (χ0n) is 8.60. The molecule has 0 aliphatic heterocycles. The van der Waals surface area contributed by atoms with E-state index in [2.05, 4.69) is 15.3 Å². The summed E-state index contributed by atoms with van der Waals surface area (Å²) in [5.74, 6) is -0.429. The summed E-state index contributed by atoms with van der Waals surface area (Å²) >= 11 is 0. The van der Waals surface area contributed by atoms with Crippen molar-refractivity contribution < 1.29 is 14.6 Å². The van der Waals surface area contributed by atoms with Gasteiger partial charge in [0.1, 0.15) is 5.82 Å². The van der Waals surface area contributed by atoms with Crippen molar-refractivity contribution in [1.29, 1.82) is 0 Å². The number of aromatic nitrogens is 2. The van der Waals surface area contributed by atoms with Crippen LogP contribution in [0.1, 0.15) is 6.92 Å². The molecule has 2 N–H and O–H groups in total. The fourth-order valence-electron chi connectivity index (χ4n) is 0.877. The minimum absolute atomic E-state index is 0.303. The maximum absolute atomic E-state index is 10.5. The van der Waals surface area contributed by atoms with E-state index in [9.17, 15) is 4.79 Å². The molecule has 0 aromatic carbocycles. The van der Waals surface area contributed by atoms with Crippen molar-refractivity contribution in [2.24, 2.45) is 5.92 Å². The fourth-order valence-corrected chi connectivity index (χ4v) is 0.877. The van der Waals surface area contributed by atoms with E-state index in [0.29, 0.717) is 18.2 Å². The number of nitrogens with zero attached hydrogens (tertiary/aromatic N) is 2. The van der Waals surface area contributed by atoms with Gasteiger partial charge in [0, 0.05) is 6.54 Å². The van der Waals surface area contributed by atoms with Crippen LogP contribution < -0.4 is 10.1 Å². The molecular weight excluding hydrogens is 198 g/mol. The lowest BCUT2D eigenvalue weighted by molar-refractivity contribution is -0.140. The molecule has 1 aromatic rings. The highest BCUT2D eigenvalue weighted by atomic mass is 16.5. The largest absolute Gasteiger partial charge is 0.481 e. The van der Waals surface area contributed by atoms with Crippen LogP contribution in [-0.2, 0) is 4.79 Å². The normalized spacial score (nSPS) is 11.9. The van der Waals surface area contributed by atoms with Crippen molar-refractivity contribution >= 4 is 11.8 Å². The Morgan fingerprint density at radius 1 is 1.67 bits per heavy atom. The molecule has 15 heavy (non-hydrogen) atoms. The second-order valence-electron chi connectivity index (χ2n) is 3.07. The van der Waals surface area contributed by atoms with Crippen molar-refractivity contribution in [3.8, 4) is 5.88 Å². The summed E-state index contributed by atoms with van der Waals surface area (Å²) in [5.41, 5.74) is 0. The first-order chi connectivity index (χ1) is 7.13. The molecule has 0 saturated carbocycles. The molecule has 0 fully saturated rings. The van der Waals surface area contributed by atoms with Crippen LogP contribution in [-0.4, -0.2) is 34.7 Å². The number of methoxy groups -OCH3 is 1. The maximum Gasteiger partial charge on any atom is 0.308 e. The molecule has 0 spiro atoms. The highest BCUT2D eigenvalue weighted by Crippen LogP contribution is 2.08. The Hall–Kier alpha value is -1.85. The van der Waals surface area contributed by atoms with Gasteiger partial charge in [-0.25, -0.2) is 0 Å². The van der Waals surface area contributed by atoms with Crippen LogP contribution in [0.5, 0.6) is 5.88 Å². The van der Waals surface area contributed by atoms with Crippen molar-refractivity contribution in [1.82, 2.24) is 9.97 Å². The first kappa shape index (κ1) is 11.2. The van der Waals surface area contributed by atoms with Crippen molar-refractivity contribution in [3.05, 3.63) is 12.4 Å². The smallest absolute Gasteiger partial charge is 0.308 e. The van der Waals surface area contributed by atoms with E-state index in [4.69, 9.17) is 9.84 Å². The number of anilines is 1. The Morgan fingerprint density at radius 3 is 3.00 bits per heavy atom. The van der Waals surface area contributed by atoms with E-state index in [1.54, 1.807) is 6.92 Å². The van der Waals surface area contributed by atoms with Gasteiger partial charge in [-0.2, -0.15) is 4.98 Å². The summed E-state index contributed by atoms with van der Waals surface area (Å²) in [6.07, 6.45) is 2.99. The number of ether oxygens (including phenoxy) is 1. The predicted molar refractivity (Wildman–Crippen MR) is 53.9 cm³/mol. The average Bonchev–Trinajstić information content (AvgIpc) is 2.26. The lowest BCUT2D eigenvalue weighted by atomic mass is 10.2. The summed E-state index contributed by atoms with van der Waals surface area (Å²) in [6, 6.07) is 0. The number of carbonyl (C=O) groups is 1. The third-order valence-corrected chi connectivity index (χ3v) is 1.83. The van der Waals surface area contributed by atoms with Gasteiger partial charge in [-0.05, 0) is 0 Å². The highest BCUT2D eigenvalue weighted by molar-refractivity contribution is 5.70. The van der Waals surface area contributed by atoms with Gasteiger partial charge in [0.15, 0.2) is 0 Å². The molecule has 6 nitrogen and oxygen atoms in total. The zero-order valence-corrected chi connectivity index (χ0v) is 8.60. The Labute approximate surface area is 87.3 Å². The average molecular weight is 211 g/mol. The van der Waals surface area contributed by atoms with Gasteiger partial charge >= 0.3 is 5.97 Å². The predicted octanol–water partition coefficient (Wildman–Crippen LogP) is 0.618.